The van der Waals surface area contributed by atoms with Gasteiger partial charge in [0.15, 0.2) is 6.61 Å². The summed E-state index contributed by atoms with van der Waals surface area (Å²) in [4.78, 5) is 18.7. The van der Waals surface area contributed by atoms with Crippen molar-refractivity contribution in [2.75, 3.05) is 18.1 Å². The molecule has 0 radical (unpaired) electrons. The Balaban J connectivity index is 1.51. The minimum Gasteiger partial charge on any atom is -0.484 e. The van der Waals surface area contributed by atoms with Gasteiger partial charge >= 0.3 is 0 Å². The highest BCUT2D eigenvalue weighted by Crippen LogP contribution is 2.27. The summed E-state index contributed by atoms with van der Waals surface area (Å²) in [5.74, 6) is 1.34. The van der Waals surface area contributed by atoms with Gasteiger partial charge in [0, 0.05) is 16.7 Å². The number of rotatable bonds is 3. The van der Waals surface area contributed by atoms with Crippen LogP contribution in [0.25, 0.3) is 11.0 Å². The predicted octanol–water partition coefficient (Wildman–Crippen LogP) is 3.07. The van der Waals surface area contributed by atoms with Crippen LogP contribution in [0.5, 0.6) is 5.75 Å². The van der Waals surface area contributed by atoms with Gasteiger partial charge in [0.1, 0.15) is 5.75 Å². The number of anilines is 1. The molecule has 0 unspecified atom stereocenters. The van der Waals surface area contributed by atoms with E-state index in [1.165, 1.54) is 0 Å². The highest BCUT2D eigenvalue weighted by Gasteiger charge is 2.28. The Labute approximate surface area is 147 Å². The van der Waals surface area contributed by atoms with Crippen LogP contribution in [0.15, 0.2) is 48.5 Å². The van der Waals surface area contributed by atoms with Crippen molar-refractivity contribution >= 4 is 45.5 Å². The van der Waals surface area contributed by atoms with Gasteiger partial charge in [-0.25, -0.2) is 4.98 Å². The van der Waals surface area contributed by atoms with E-state index < -0.39 is 0 Å². The second-order valence-electron chi connectivity index (χ2n) is 5.34. The van der Waals surface area contributed by atoms with Gasteiger partial charge in [-0.1, -0.05) is 12.1 Å². The van der Waals surface area contributed by atoms with Crippen molar-refractivity contribution < 1.29 is 9.53 Å². The predicted molar refractivity (Wildman–Crippen MR) is 96.7 cm³/mol. The average molecular weight is 419 g/mol. The van der Waals surface area contributed by atoms with Gasteiger partial charge in [0.05, 0.1) is 11.0 Å². The third-order valence-corrected chi connectivity index (χ3v) is 4.62. The van der Waals surface area contributed by atoms with Crippen molar-refractivity contribution in [1.29, 1.82) is 0 Å². The number of ether oxygens (including phenoxy) is 1. The summed E-state index contributed by atoms with van der Waals surface area (Å²) >= 11 is 2.23. The number of imidazole rings is 1. The molecule has 1 aliphatic heterocycles. The van der Waals surface area contributed by atoms with Gasteiger partial charge in [-0.05, 0) is 59.0 Å². The highest BCUT2D eigenvalue weighted by molar-refractivity contribution is 14.1. The molecule has 1 aliphatic rings. The van der Waals surface area contributed by atoms with Crippen molar-refractivity contribution in [3.8, 4) is 5.75 Å². The maximum atomic E-state index is 12.5. The van der Waals surface area contributed by atoms with E-state index in [4.69, 9.17) is 4.74 Å². The molecular formula is C17H14IN3O2. The normalized spacial score (nSPS) is 13.3. The molecule has 0 aliphatic carbocycles. The minimum atomic E-state index is -0.0717. The van der Waals surface area contributed by atoms with Crippen LogP contribution in [0.3, 0.4) is 0 Å². The SMILES string of the molecule is O=C(COc1ccc(I)cc1)N1CCn2c1nc1ccccc12. The summed E-state index contributed by atoms with van der Waals surface area (Å²) in [5.41, 5.74) is 1.98. The third kappa shape index (κ3) is 2.67. The maximum absolute atomic E-state index is 12.5. The number of hydrogen-bond acceptors (Lipinski definition) is 3. The van der Waals surface area contributed by atoms with E-state index in [1.54, 1.807) is 4.90 Å². The van der Waals surface area contributed by atoms with Crippen LogP contribution < -0.4 is 9.64 Å². The van der Waals surface area contributed by atoms with Crippen molar-refractivity contribution in [2.45, 2.75) is 6.54 Å². The Bertz CT molecular complexity index is 873. The van der Waals surface area contributed by atoms with Crippen LogP contribution in [0.4, 0.5) is 5.95 Å². The largest absolute Gasteiger partial charge is 0.484 e. The summed E-state index contributed by atoms with van der Waals surface area (Å²) in [5, 5.41) is 0. The number of halogens is 1. The lowest BCUT2D eigenvalue weighted by Gasteiger charge is -2.14. The van der Waals surface area contributed by atoms with Crippen molar-refractivity contribution in [2.24, 2.45) is 0 Å². The second-order valence-corrected chi connectivity index (χ2v) is 6.59. The Kier molecular flexibility index (Phi) is 3.68. The number of amides is 1. The van der Waals surface area contributed by atoms with Gasteiger partial charge in [0.2, 0.25) is 5.95 Å². The second kappa shape index (κ2) is 5.84. The molecule has 6 heteroatoms. The number of benzene rings is 2. The summed E-state index contributed by atoms with van der Waals surface area (Å²) < 4.78 is 8.81. The molecule has 0 N–H and O–H groups in total. The molecule has 0 spiro atoms. The van der Waals surface area contributed by atoms with Gasteiger partial charge in [-0.15, -0.1) is 0 Å². The van der Waals surface area contributed by atoms with Crippen molar-refractivity contribution in [3.63, 3.8) is 0 Å². The molecule has 0 saturated heterocycles. The molecule has 0 bridgehead atoms. The van der Waals surface area contributed by atoms with Crippen LogP contribution in [0.2, 0.25) is 0 Å². The number of carbonyl (C=O) groups excluding carboxylic acids is 1. The average Bonchev–Trinajstić information content (AvgIpc) is 3.13. The molecular weight excluding hydrogens is 405 g/mol. The number of para-hydroxylation sites is 2. The van der Waals surface area contributed by atoms with Crippen molar-refractivity contribution in [3.05, 3.63) is 52.1 Å². The zero-order valence-corrected chi connectivity index (χ0v) is 14.4. The lowest BCUT2D eigenvalue weighted by atomic mass is 10.3. The third-order valence-electron chi connectivity index (χ3n) is 3.90. The van der Waals surface area contributed by atoms with E-state index in [9.17, 15) is 4.79 Å². The summed E-state index contributed by atoms with van der Waals surface area (Å²) in [7, 11) is 0. The zero-order valence-electron chi connectivity index (χ0n) is 12.3. The molecule has 23 heavy (non-hydrogen) atoms. The Morgan fingerprint density at radius 2 is 1.91 bits per heavy atom. The van der Waals surface area contributed by atoms with Gasteiger partial charge in [0.25, 0.3) is 5.91 Å². The summed E-state index contributed by atoms with van der Waals surface area (Å²) in [6, 6.07) is 15.6. The van der Waals surface area contributed by atoms with Gasteiger partial charge in [-0.2, -0.15) is 0 Å². The first-order chi connectivity index (χ1) is 11.2. The summed E-state index contributed by atoms with van der Waals surface area (Å²) in [6.45, 7) is 1.43. The molecule has 2 heterocycles. The lowest BCUT2D eigenvalue weighted by Crippen LogP contribution is -2.33. The maximum Gasteiger partial charge on any atom is 0.267 e. The molecule has 2 aromatic carbocycles. The fraction of sp³-hybridized carbons (Fsp3) is 0.176. The quantitative estimate of drug-likeness (QED) is 0.614. The first-order valence-corrected chi connectivity index (χ1v) is 8.44. The number of nitrogens with zero attached hydrogens (tertiary/aromatic N) is 3. The Morgan fingerprint density at radius 3 is 2.74 bits per heavy atom. The minimum absolute atomic E-state index is 0.0177. The molecule has 0 fully saturated rings. The number of aromatic nitrogens is 2. The lowest BCUT2D eigenvalue weighted by molar-refractivity contribution is -0.120. The molecule has 3 aromatic rings. The molecule has 0 saturated carbocycles. The van der Waals surface area contributed by atoms with Crippen LogP contribution in [0, 0.1) is 3.57 Å². The van der Waals surface area contributed by atoms with Crippen LogP contribution >= 0.6 is 22.6 Å². The Morgan fingerprint density at radius 1 is 1.13 bits per heavy atom. The zero-order chi connectivity index (χ0) is 15.8. The van der Waals surface area contributed by atoms with E-state index in [0.29, 0.717) is 18.2 Å². The molecule has 4 rings (SSSR count). The van der Waals surface area contributed by atoms with E-state index in [-0.39, 0.29) is 12.5 Å². The molecule has 5 nitrogen and oxygen atoms in total. The van der Waals surface area contributed by atoms with Crippen LogP contribution in [-0.2, 0) is 11.3 Å². The highest BCUT2D eigenvalue weighted by atomic mass is 127. The number of fused-ring (bicyclic) bond motifs is 3. The van der Waals surface area contributed by atoms with E-state index in [1.807, 2.05) is 48.5 Å². The van der Waals surface area contributed by atoms with E-state index >= 15 is 0 Å². The number of hydrogen-bond donors (Lipinski definition) is 0. The molecule has 1 amide bonds. The standard InChI is InChI=1S/C17H14IN3O2/c18-12-5-7-13(8-6-12)23-11-16(22)21-10-9-20-15-4-2-1-3-14(15)19-17(20)21/h1-8H,9-11H2. The monoisotopic (exact) mass is 419 g/mol. The van der Waals surface area contributed by atoms with Gasteiger partial charge in [-0.3, -0.25) is 9.69 Å². The molecule has 116 valence electrons. The first kappa shape index (κ1) is 14.5. The fourth-order valence-electron chi connectivity index (χ4n) is 2.78. The topological polar surface area (TPSA) is 47.4 Å². The van der Waals surface area contributed by atoms with E-state index in [2.05, 4.69) is 32.1 Å². The number of carbonyl (C=O) groups is 1. The molecule has 0 atom stereocenters. The molecule has 1 aromatic heterocycles. The van der Waals surface area contributed by atoms with E-state index in [0.717, 1.165) is 21.1 Å². The fourth-order valence-corrected chi connectivity index (χ4v) is 3.14. The van der Waals surface area contributed by atoms with Crippen LogP contribution in [0.1, 0.15) is 0 Å². The first-order valence-electron chi connectivity index (χ1n) is 7.36. The van der Waals surface area contributed by atoms with Gasteiger partial charge < -0.3 is 9.30 Å². The smallest absolute Gasteiger partial charge is 0.267 e. The van der Waals surface area contributed by atoms with Crippen molar-refractivity contribution in [1.82, 2.24) is 9.55 Å². The summed E-state index contributed by atoms with van der Waals surface area (Å²) in [6.07, 6.45) is 0. The van der Waals surface area contributed by atoms with Crippen LogP contribution in [-0.4, -0.2) is 28.6 Å². The Hall–Kier alpha value is -2.09.